The van der Waals surface area contributed by atoms with Gasteiger partial charge >= 0.3 is 0 Å². The van der Waals surface area contributed by atoms with E-state index in [4.69, 9.17) is 16.0 Å². The van der Waals surface area contributed by atoms with Gasteiger partial charge in [0, 0.05) is 11.3 Å². The zero-order valence-corrected chi connectivity index (χ0v) is 10.3. The molecular weight excluding hydrogens is 224 g/mol. The molecule has 0 unspecified atom stereocenters. The fourth-order valence-electron chi connectivity index (χ4n) is 1.70. The van der Waals surface area contributed by atoms with Crippen molar-refractivity contribution in [3.05, 3.63) is 34.5 Å². The van der Waals surface area contributed by atoms with Crippen molar-refractivity contribution in [2.75, 3.05) is 0 Å². The molecule has 2 heterocycles. The summed E-state index contributed by atoms with van der Waals surface area (Å²) in [4.78, 5) is 8.75. The van der Waals surface area contributed by atoms with E-state index < -0.39 is 0 Å². The maximum absolute atomic E-state index is 6.12. The zero-order valence-electron chi connectivity index (χ0n) is 9.54. The van der Waals surface area contributed by atoms with Gasteiger partial charge in [-0.05, 0) is 26.3 Å². The molecule has 84 valence electrons. The topological polar surface area (TPSA) is 38.9 Å². The van der Waals surface area contributed by atoms with Crippen LogP contribution in [0.25, 0.3) is 11.4 Å². The first-order valence-electron chi connectivity index (χ1n) is 5.21. The van der Waals surface area contributed by atoms with E-state index in [0.29, 0.717) is 11.0 Å². The second-order valence-corrected chi connectivity index (χ2v) is 4.00. The largest absolute Gasteiger partial charge is 0.469 e. The van der Waals surface area contributed by atoms with E-state index >= 15 is 0 Å². The van der Waals surface area contributed by atoms with E-state index in [0.717, 1.165) is 29.0 Å². The number of aryl methyl sites for hydroxylation is 2. The Morgan fingerprint density at radius 3 is 2.56 bits per heavy atom. The van der Waals surface area contributed by atoms with Gasteiger partial charge in [-0.15, -0.1) is 0 Å². The molecule has 2 rings (SSSR count). The van der Waals surface area contributed by atoms with Crippen LogP contribution in [0, 0.1) is 13.8 Å². The first-order valence-corrected chi connectivity index (χ1v) is 5.58. The molecule has 0 fully saturated rings. The number of furan rings is 1. The lowest BCUT2D eigenvalue weighted by atomic mass is 10.2. The highest BCUT2D eigenvalue weighted by Gasteiger charge is 2.12. The summed E-state index contributed by atoms with van der Waals surface area (Å²) in [5.41, 5.74) is 2.83. The van der Waals surface area contributed by atoms with Crippen molar-refractivity contribution in [2.45, 2.75) is 27.2 Å². The molecule has 0 aliphatic rings. The minimum Gasteiger partial charge on any atom is -0.469 e. The number of rotatable bonds is 2. The summed E-state index contributed by atoms with van der Waals surface area (Å²) in [6.45, 7) is 5.88. The molecule has 0 saturated heterocycles. The van der Waals surface area contributed by atoms with Crippen LogP contribution < -0.4 is 0 Å². The molecule has 0 bridgehead atoms. The predicted octanol–water partition coefficient (Wildman–Crippen LogP) is 3.57. The van der Waals surface area contributed by atoms with Crippen LogP contribution in [0.5, 0.6) is 0 Å². The van der Waals surface area contributed by atoms with E-state index in [2.05, 4.69) is 9.97 Å². The molecule has 0 aliphatic heterocycles. The maximum Gasteiger partial charge on any atom is 0.164 e. The van der Waals surface area contributed by atoms with Crippen LogP contribution >= 0.6 is 11.6 Å². The highest BCUT2D eigenvalue weighted by atomic mass is 35.5. The van der Waals surface area contributed by atoms with Gasteiger partial charge in [-0.1, -0.05) is 18.5 Å². The Morgan fingerprint density at radius 2 is 2.06 bits per heavy atom. The second kappa shape index (κ2) is 4.26. The molecular formula is C12H13ClN2O. The van der Waals surface area contributed by atoms with Crippen LogP contribution in [-0.2, 0) is 6.42 Å². The predicted molar refractivity (Wildman–Crippen MR) is 63.6 cm³/mol. The van der Waals surface area contributed by atoms with E-state index in [1.165, 1.54) is 0 Å². The molecule has 0 aromatic carbocycles. The molecule has 16 heavy (non-hydrogen) atoms. The van der Waals surface area contributed by atoms with Gasteiger partial charge in [0.15, 0.2) is 5.82 Å². The highest BCUT2D eigenvalue weighted by molar-refractivity contribution is 6.30. The molecule has 2 aromatic heterocycles. The summed E-state index contributed by atoms with van der Waals surface area (Å²) in [5, 5.41) is 0.533. The number of hydrogen-bond acceptors (Lipinski definition) is 3. The maximum atomic E-state index is 6.12. The van der Waals surface area contributed by atoms with Gasteiger partial charge < -0.3 is 4.42 Å². The smallest absolute Gasteiger partial charge is 0.164 e. The molecule has 4 heteroatoms. The molecule has 0 saturated carbocycles. The molecule has 2 aromatic rings. The van der Waals surface area contributed by atoms with Crippen LogP contribution in [-0.4, -0.2) is 9.97 Å². The summed E-state index contributed by atoms with van der Waals surface area (Å²) >= 11 is 6.12. The first-order chi connectivity index (χ1) is 7.63. The number of halogens is 1. The molecule has 0 spiro atoms. The quantitative estimate of drug-likeness (QED) is 0.749. The fraction of sp³-hybridized carbons (Fsp3) is 0.333. The van der Waals surface area contributed by atoms with E-state index in [1.54, 1.807) is 6.26 Å². The Labute approximate surface area is 99.5 Å². The monoisotopic (exact) mass is 236 g/mol. The Balaban J connectivity index is 2.57. The van der Waals surface area contributed by atoms with Gasteiger partial charge in [0.1, 0.15) is 10.9 Å². The first kappa shape index (κ1) is 11.1. The summed E-state index contributed by atoms with van der Waals surface area (Å²) in [6, 6.07) is 1.85. The zero-order chi connectivity index (χ0) is 11.7. The Bertz CT molecular complexity index is 496. The Kier molecular flexibility index (Phi) is 2.97. The van der Waals surface area contributed by atoms with Crippen molar-refractivity contribution in [1.82, 2.24) is 9.97 Å². The van der Waals surface area contributed by atoms with Gasteiger partial charge in [-0.25, -0.2) is 9.97 Å². The van der Waals surface area contributed by atoms with Crippen molar-refractivity contribution >= 4 is 11.6 Å². The molecule has 0 aliphatic carbocycles. The van der Waals surface area contributed by atoms with E-state index in [-0.39, 0.29) is 0 Å². The summed E-state index contributed by atoms with van der Waals surface area (Å²) in [7, 11) is 0. The normalized spacial score (nSPS) is 10.8. The summed E-state index contributed by atoms with van der Waals surface area (Å²) < 4.78 is 5.23. The van der Waals surface area contributed by atoms with Crippen LogP contribution in [0.3, 0.4) is 0 Å². The van der Waals surface area contributed by atoms with Gasteiger partial charge in [0.25, 0.3) is 0 Å². The van der Waals surface area contributed by atoms with Crippen molar-refractivity contribution in [3.63, 3.8) is 0 Å². The van der Waals surface area contributed by atoms with Gasteiger partial charge in [-0.3, -0.25) is 0 Å². The highest BCUT2D eigenvalue weighted by Crippen LogP contribution is 2.25. The summed E-state index contributed by atoms with van der Waals surface area (Å²) in [5.74, 6) is 1.44. The van der Waals surface area contributed by atoms with E-state index in [1.807, 2.05) is 26.8 Å². The number of aromatic nitrogens is 2. The lowest BCUT2D eigenvalue weighted by Gasteiger charge is -2.06. The van der Waals surface area contributed by atoms with Crippen molar-refractivity contribution in [1.29, 1.82) is 0 Å². The van der Waals surface area contributed by atoms with Crippen LogP contribution in [0.2, 0.25) is 5.15 Å². The fourth-order valence-corrected chi connectivity index (χ4v) is 2.05. The Morgan fingerprint density at radius 1 is 1.31 bits per heavy atom. The lowest BCUT2D eigenvalue weighted by molar-refractivity contribution is 0.535. The molecule has 0 N–H and O–H groups in total. The van der Waals surface area contributed by atoms with Crippen molar-refractivity contribution < 1.29 is 4.42 Å². The molecule has 0 radical (unpaired) electrons. The minimum absolute atomic E-state index is 0.533. The number of nitrogens with zero attached hydrogens (tertiary/aromatic N) is 2. The average Bonchev–Trinajstić information content (AvgIpc) is 2.64. The average molecular weight is 237 g/mol. The molecule has 3 nitrogen and oxygen atoms in total. The third-order valence-corrected chi connectivity index (χ3v) is 2.93. The van der Waals surface area contributed by atoms with Gasteiger partial charge in [-0.2, -0.15) is 0 Å². The third kappa shape index (κ3) is 1.83. The van der Waals surface area contributed by atoms with Crippen molar-refractivity contribution in [3.8, 4) is 11.4 Å². The van der Waals surface area contributed by atoms with Crippen molar-refractivity contribution in [2.24, 2.45) is 0 Å². The van der Waals surface area contributed by atoms with E-state index in [9.17, 15) is 0 Å². The van der Waals surface area contributed by atoms with Gasteiger partial charge in [0.05, 0.1) is 11.8 Å². The SMILES string of the molecule is CCc1c(C)nc(-c2ccoc2C)nc1Cl. The number of hydrogen-bond donors (Lipinski definition) is 0. The third-order valence-electron chi connectivity index (χ3n) is 2.62. The van der Waals surface area contributed by atoms with Crippen LogP contribution in [0.1, 0.15) is 23.9 Å². The van der Waals surface area contributed by atoms with Crippen LogP contribution in [0.4, 0.5) is 0 Å². The van der Waals surface area contributed by atoms with Gasteiger partial charge in [0.2, 0.25) is 0 Å². The molecule has 0 amide bonds. The van der Waals surface area contributed by atoms with Crippen LogP contribution in [0.15, 0.2) is 16.7 Å². The Hall–Kier alpha value is -1.35. The summed E-state index contributed by atoms with van der Waals surface area (Å²) in [6.07, 6.45) is 2.47. The second-order valence-electron chi connectivity index (χ2n) is 3.65. The lowest BCUT2D eigenvalue weighted by Crippen LogP contribution is -1.99. The molecule has 0 atom stereocenters. The minimum atomic E-state index is 0.533. The standard InChI is InChI=1S/C12H13ClN2O/c1-4-9-7(2)14-12(15-11(9)13)10-5-6-16-8(10)3/h5-6H,4H2,1-3H3.